The molecule has 0 aliphatic heterocycles. The van der Waals surface area contributed by atoms with Crippen molar-refractivity contribution < 1.29 is 13.6 Å². The number of hydrogen-bond acceptors (Lipinski definition) is 4. The highest BCUT2D eigenvalue weighted by molar-refractivity contribution is 14.1. The lowest BCUT2D eigenvalue weighted by molar-refractivity contribution is 0.287. The molecule has 5 nitrogen and oxygen atoms in total. The molecule has 0 saturated carbocycles. The Hall–Kier alpha value is -0.430. The molecule has 0 aliphatic rings. The minimum atomic E-state index is -3.18. The Bertz CT molecular complexity index is 561. The fourth-order valence-corrected chi connectivity index (χ4v) is 3.09. The molecule has 2 rings (SSSR count). The maximum absolute atomic E-state index is 12.2. The van der Waals surface area contributed by atoms with E-state index in [1.807, 2.05) is 0 Å². The highest BCUT2D eigenvalue weighted by atomic mass is 127. The van der Waals surface area contributed by atoms with Gasteiger partial charge in [0.25, 0.3) is 0 Å². The average molecular weight is 352 g/mol. The summed E-state index contributed by atoms with van der Waals surface area (Å²) in [4.78, 5) is 0. The van der Waals surface area contributed by atoms with Gasteiger partial charge in [-0.1, -0.05) is 0 Å². The summed E-state index contributed by atoms with van der Waals surface area (Å²) in [5.41, 5.74) is 0.826. The fraction of sp³-hybridized carbons (Fsp3) is 0.222. The number of nitrogens with one attached hydrogen (secondary N) is 1. The molecule has 86 valence electrons. The van der Waals surface area contributed by atoms with Gasteiger partial charge in [-0.25, -0.2) is 0 Å². The van der Waals surface area contributed by atoms with Gasteiger partial charge in [0.15, 0.2) is 0 Å². The first-order chi connectivity index (χ1) is 7.60. The molecule has 1 aromatic heterocycles. The van der Waals surface area contributed by atoms with Crippen LogP contribution in [0.5, 0.6) is 0 Å². The summed E-state index contributed by atoms with van der Waals surface area (Å²) < 4.78 is 22.9. The molecule has 0 spiro atoms. The molecule has 0 unspecified atom stereocenters. The van der Waals surface area contributed by atoms with E-state index in [1.165, 1.54) is 14.2 Å². The predicted octanol–water partition coefficient (Wildman–Crippen LogP) is 2.28. The Kier molecular flexibility index (Phi) is 3.34. The van der Waals surface area contributed by atoms with Gasteiger partial charge in [0.1, 0.15) is 3.70 Å². The molecule has 0 fully saturated rings. The van der Waals surface area contributed by atoms with E-state index in [0.29, 0.717) is 5.30 Å². The van der Waals surface area contributed by atoms with Crippen molar-refractivity contribution in [3.05, 3.63) is 21.9 Å². The SMILES string of the molecule is COP(=O)(OC)c1ccc2n[nH]c(I)c2c1. The second-order valence-electron chi connectivity index (χ2n) is 3.10. The van der Waals surface area contributed by atoms with E-state index in [0.717, 1.165) is 14.6 Å². The first-order valence-electron chi connectivity index (χ1n) is 4.46. The van der Waals surface area contributed by atoms with Crippen molar-refractivity contribution in [1.29, 1.82) is 0 Å². The number of aromatic nitrogens is 2. The third-order valence-corrected chi connectivity index (χ3v) is 4.98. The fourth-order valence-electron chi connectivity index (χ4n) is 1.42. The average Bonchev–Trinajstić information content (AvgIpc) is 2.70. The molecule has 7 heteroatoms. The lowest BCUT2D eigenvalue weighted by Crippen LogP contribution is -2.07. The van der Waals surface area contributed by atoms with Gasteiger partial charge >= 0.3 is 7.60 Å². The summed E-state index contributed by atoms with van der Waals surface area (Å²) in [7, 11) is -0.439. The number of aromatic amines is 1. The quantitative estimate of drug-likeness (QED) is 0.680. The van der Waals surface area contributed by atoms with Crippen LogP contribution in [0.25, 0.3) is 10.9 Å². The molecular weight excluding hydrogens is 342 g/mol. The lowest BCUT2D eigenvalue weighted by atomic mass is 10.3. The van der Waals surface area contributed by atoms with Crippen LogP contribution in [0.3, 0.4) is 0 Å². The molecule has 1 heterocycles. The molecule has 2 aromatic rings. The van der Waals surface area contributed by atoms with Crippen LogP contribution >= 0.6 is 30.2 Å². The number of H-pyrrole nitrogens is 1. The van der Waals surface area contributed by atoms with E-state index >= 15 is 0 Å². The van der Waals surface area contributed by atoms with Crippen molar-refractivity contribution in [2.45, 2.75) is 0 Å². The van der Waals surface area contributed by atoms with E-state index < -0.39 is 7.60 Å². The molecule has 0 radical (unpaired) electrons. The second kappa shape index (κ2) is 4.44. The molecule has 16 heavy (non-hydrogen) atoms. The first kappa shape index (κ1) is 12.0. The minimum Gasteiger partial charge on any atom is -0.309 e. The summed E-state index contributed by atoms with van der Waals surface area (Å²) in [6.07, 6.45) is 0. The van der Waals surface area contributed by atoms with Crippen molar-refractivity contribution in [1.82, 2.24) is 10.2 Å². The minimum absolute atomic E-state index is 0.532. The zero-order valence-electron chi connectivity index (χ0n) is 8.73. The monoisotopic (exact) mass is 352 g/mol. The summed E-state index contributed by atoms with van der Waals surface area (Å²) in [5.74, 6) is 0. The van der Waals surface area contributed by atoms with Crippen molar-refractivity contribution in [3.63, 3.8) is 0 Å². The lowest BCUT2D eigenvalue weighted by Gasteiger charge is -2.13. The molecule has 0 aliphatic carbocycles. The first-order valence-corrected chi connectivity index (χ1v) is 7.08. The topological polar surface area (TPSA) is 64.2 Å². The highest BCUT2D eigenvalue weighted by Gasteiger charge is 2.24. The molecule has 0 atom stereocenters. The molecular formula is C9H10IN2O3P. The summed E-state index contributed by atoms with van der Waals surface area (Å²) in [6, 6.07) is 5.26. The Balaban J connectivity index is 2.62. The Morgan fingerprint density at radius 1 is 1.38 bits per heavy atom. The van der Waals surface area contributed by atoms with Gasteiger partial charge in [0, 0.05) is 19.6 Å². The van der Waals surface area contributed by atoms with Crippen LogP contribution < -0.4 is 5.30 Å². The Morgan fingerprint density at radius 2 is 2.06 bits per heavy atom. The summed E-state index contributed by atoms with van der Waals surface area (Å²) in [5, 5.41) is 8.39. The van der Waals surface area contributed by atoms with E-state index in [-0.39, 0.29) is 0 Å². The van der Waals surface area contributed by atoms with Crippen LogP contribution in [0.1, 0.15) is 0 Å². The number of hydrogen-bond donors (Lipinski definition) is 1. The molecule has 1 aromatic carbocycles. The maximum atomic E-state index is 12.2. The smallest absolute Gasteiger partial charge is 0.309 e. The summed E-state index contributed by atoms with van der Waals surface area (Å²) in [6.45, 7) is 0. The van der Waals surface area contributed by atoms with E-state index in [2.05, 4.69) is 32.8 Å². The van der Waals surface area contributed by atoms with Gasteiger partial charge in [-0.05, 0) is 40.8 Å². The molecule has 1 N–H and O–H groups in total. The van der Waals surface area contributed by atoms with E-state index in [4.69, 9.17) is 9.05 Å². The van der Waals surface area contributed by atoms with Crippen LogP contribution in [0.15, 0.2) is 18.2 Å². The van der Waals surface area contributed by atoms with Crippen molar-refractivity contribution in [2.75, 3.05) is 14.2 Å². The van der Waals surface area contributed by atoms with Crippen LogP contribution in [-0.4, -0.2) is 24.4 Å². The number of halogens is 1. The zero-order valence-corrected chi connectivity index (χ0v) is 11.8. The second-order valence-corrected chi connectivity index (χ2v) is 6.42. The van der Waals surface area contributed by atoms with Gasteiger partial charge in [-0.2, -0.15) is 5.10 Å². The van der Waals surface area contributed by atoms with Gasteiger partial charge in [-0.15, -0.1) is 0 Å². The van der Waals surface area contributed by atoms with Crippen LogP contribution in [0.4, 0.5) is 0 Å². The van der Waals surface area contributed by atoms with Gasteiger partial charge in [0.05, 0.1) is 10.8 Å². The Morgan fingerprint density at radius 3 is 2.69 bits per heavy atom. The van der Waals surface area contributed by atoms with Crippen molar-refractivity contribution in [3.8, 4) is 0 Å². The molecule has 0 amide bonds. The number of benzene rings is 1. The number of fused-ring (bicyclic) bond motifs is 1. The zero-order chi connectivity index (χ0) is 11.8. The third kappa shape index (κ3) is 1.90. The van der Waals surface area contributed by atoms with Gasteiger partial charge in [-0.3, -0.25) is 9.66 Å². The molecule has 0 saturated heterocycles. The van der Waals surface area contributed by atoms with Crippen molar-refractivity contribution in [2.24, 2.45) is 0 Å². The van der Waals surface area contributed by atoms with Crippen LogP contribution in [0, 0.1) is 3.70 Å². The largest absolute Gasteiger partial charge is 0.360 e. The predicted molar refractivity (Wildman–Crippen MR) is 70.1 cm³/mol. The standard InChI is InChI=1S/C9H10IN2O3P/c1-14-16(13,15-2)6-3-4-8-7(5-6)9(10)12-11-8/h3-5H,1-2H3,(H,11,12). The van der Waals surface area contributed by atoms with E-state index in [1.54, 1.807) is 18.2 Å². The van der Waals surface area contributed by atoms with Crippen LogP contribution in [0.2, 0.25) is 0 Å². The molecule has 0 bridgehead atoms. The number of nitrogens with zero attached hydrogens (tertiary/aromatic N) is 1. The number of rotatable bonds is 3. The maximum Gasteiger partial charge on any atom is 0.360 e. The van der Waals surface area contributed by atoms with Crippen LogP contribution in [-0.2, 0) is 13.6 Å². The van der Waals surface area contributed by atoms with Gasteiger partial charge < -0.3 is 9.05 Å². The van der Waals surface area contributed by atoms with Gasteiger partial charge in [0.2, 0.25) is 0 Å². The summed E-state index contributed by atoms with van der Waals surface area (Å²) >= 11 is 2.13. The van der Waals surface area contributed by atoms with E-state index in [9.17, 15) is 4.57 Å². The third-order valence-electron chi connectivity index (χ3n) is 2.29. The normalized spacial score (nSPS) is 12.2. The highest BCUT2D eigenvalue weighted by Crippen LogP contribution is 2.45. The van der Waals surface area contributed by atoms with Crippen molar-refractivity contribution >= 4 is 46.4 Å². The Labute approximate surface area is 106 Å².